The van der Waals surface area contributed by atoms with E-state index in [0.717, 1.165) is 55.5 Å². The minimum Gasteiger partial charge on any atom is -0.352 e. The highest BCUT2D eigenvalue weighted by atomic mass is 16.2. The molecular formula is C22H28N4O2. The number of amides is 2. The molecule has 1 atom stereocenters. The molecular weight excluding hydrogens is 352 g/mol. The third-order valence-electron chi connectivity index (χ3n) is 5.66. The summed E-state index contributed by atoms with van der Waals surface area (Å²) >= 11 is 0. The summed E-state index contributed by atoms with van der Waals surface area (Å²) in [6, 6.07) is 14.3. The number of hydrogen-bond acceptors (Lipinski definition) is 4. The van der Waals surface area contributed by atoms with Crippen molar-refractivity contribution in [2.24, 2.45) is 0 Å². The Morgan fingerprint density at radius 2 is 1.75 bits per heavy atom. The molecule has 1 saturated carbocycles. The van der Waals surface area contributed by atoms with Crippen molar-refractivity contribution in [3.63, 3.8) is 0 Å². The van der Waals surface area contributed by atoms with Crippen molar-refractivity contribution in [1.29, 1.82) is 0 Å². The lowest BCUT2D eigenvalue weighted by Gasteiger charge is -2.37. The molecule has 0 unspecified atom stereocenters. The number of hydrogen-bond donors (Lipinski definition) is 2. The van der Waals surface area contributed by atoms with Crippen molar-refractivity contribution >= 4 is 28.3 Å². The van der Waals surface area contributed by atoms with Crippen molar-refractivity contribution in [3.8, 4) is 0 Å². The average Bonchev–Trinajstić information content (AvgIpc) is 3.51. The van der Waals surface area contributed by atoms with Crippen LogP contribution in [0, 0.1) is 0 Å². The molecule has 1 aliphatic carbocycles. The SMILES string of the molecule is C[C@H](C(=O)Nc1ccc2ccccc2c1)N1CCN(CC(=O)NC2CC2)CC1. The summed E-state index contributed by atoms with van der Waals surface area (Å²) in [6.45, 7) is 5.62. The van der Waals surface area contributed by atoms with Crippen LogP contribution in [0.4, 0.5) is 5.69 Å². The molecule has 1 saturated heterocycles. The van der Waals surface area contributed by atoms with Crippen LogP contribution >= 0.6 is 0 Å². The van der Waals surface area contributed by atoms with E-state index in [1.165, 1.54) is 0 Å². The fourth-order valence-electron chi connectivity index (χ4n) is 3.69. The number of carbonyl (C=O) groups is 2. The number of nitrogens with one attached hydrogen (secondary N) is 2. The second-order valence-electron chi connectivity index (χ2n) is 7.88. The lowest BCUT2D eigenvalue weighted by atomic mass is 10.1. The summed E-state index contributed by atoms with van der Waals surface area (Å²) in [5, 5.41) is 8.36. The van der Waals surface area contributed by atoms with Crippen molar-refractivity contribution in [2.75, 3.05) is 38.0 Å². The molecule has 148 valence electrons. The maximum Gasteiger partial charge on any atom is 0.241 e. The molecule has 4 rings (SSSR count). The largest absolute Gasteiger partial charge is 0.352 e. The van der Waals surface area contributed by atoms with E-state index in [4.69, 9.17) is 0 Å². The van der Waals surface area contributed by atoms with Gasteiger partial charge in [-0.3, -0.25) is 19.4 Å². The number of piperazine rings is 1. The molecule has 0 bridgehead atoms. The van der Waals surface area contributed by atoms with Crippen molar-refractivity contribution in [3.05, 3.63) is 42.5 Å². The smallest absolute Gasteiger partial charge is 0.241 e. The minimum atomic E-state index is -0.200. The van der Waals surface area contributed by atoms with Gasteiger partial charge in [-0.25, -0.2) is 0 Å². The summed E-state index contributed by atoms with van der Waals surface area (Å²) in [5.41, 5.74) is 0.825. The van der Waals surface area contributed by atoms with Crippen LogP contribution in [-0.4, -0.2) is 66.4 Å². The molecule has 1 aliphatic heterocycles. The Bertz CT molecular complexity index is 856. The highest BCUT2D eigenvalue weighted by Gasteiger charge is 2.28. The summed E-state index contributed by atoms with van der Waals surface area (Å²) < 4.78 is 0. The monoisotopic (exact) mass is 380 g/mol. The Morgan fingerprint density at radius 1 is 1.04 bits per heavy atom. The van der Waals surface area contributed by atoms with Gasteiger partial charge in [0.1, 0.15) is 0 Å². The van der Waals surface area contributed by atoms with Gasteiger partial charge in [0.2, 0.25) is 11.8 Å². The van der Waals surface area contributed by atoms with Gasteiger partial charge in [0.15, 0.2) is 0 Å². The average molecular weight is 380 g/mol. The number of fused-ring (bicyclic) bond motifs is 1. The fourth-order valence-corrected chi connectivity index (χ4v) is 3.69. The maximum atomic E-state index is 12.7. The van der Waals surface area contributed by atoms with Crippen LogP contribution in [0.5, 0.6) is 0 Å². The Hall–Kier alpha value is -2.44. The Morgan fingerprint density at radius 3 is 2.46 bits per heavy atom. The Kier molecular flexibility index (Phi) is 5.59. The first-order valence-electron chi connectivity index (χ1n) is 10.1. The molecule has 0 radical (unpaired) electrons. The predicted molar refractivity (Wildman–Crippen MR) is 111 cm³/mol. The molecule has 0 spiro atoms. The van der Waals surface area contributed by atoms with Crippen LogP contribution in [-0.2, 0) is 9.59 Å². The van der Waals surface area contributed by atoms with Gasteiger partial charge >= 0.3 is 0 Å². The Balaban J connectivity index is 1.27. The van der Waals surface area contributed by atoms with Gasteiger partial charge in [0, 0.05) is 37.9 Å². The van der Waals surface area contributed by atoms with Gasteiger partial charge in [-0.2, -0.15) is 0 Å². The van der Waals surface area contributed by atoms with E-state index in [9.17, 15) is 9.59 Å². The molecule has 28 heavy (non-hydrogen) atoms. The molecule has 2 aromatic rings. The van der Waals surface area contributed by atoms with E-state index in [1.807, 2.05) is 43.3 Å². The maximum absolute atomic E-state index is 12.7. The van der Waals surface area contributed by atoms with Crippen LogP contribution in [0.25, 0.3) is 10.8 Å². The van der Waals surface area contributed by atoms with E-state index < -0.39 is 0 Å². The van der Waals surface area contributed by atoms with Crippen LogP contribution in [0.1, 0.15) is 19.8 Å². The normalized spacial score (nSPS) is 19.3. The number of rotatable bonds is 6. The van der Waals surface area contributed by atoms with E-state index in [2.05, 4.69) is 26.5 Å². The molecule has 2 amide bonds. The first-order valence-corrected chi connectivity index (χ1v) is 10.1. The third kappa shape index (κ3) is 4.69. The van der Waals surface area contributed by atoms with Gasteiger partial charge in [0.05, 0.1) is 12.6 Å². The van der Waals surface area contributed by atoms with Gasteiger partial charge in [0.25, 0.3) is 0 Å². The molecule has 2 aromatic carbocycles. The minimum absolute atomic E-state index is 0.00945. The highest BCUT2D eigenvalue weighted by Crippen LogP contribution is 2.20. The van der Waals surface area contributed by atoms with E-state index in [1.54, 1.807) is 0 Å². The molecule has 2 N–H and O–H groups in total. The quantitative estimate of drug-likeness (QED) is 0.805. The van der Waals surface area contributed by atoms with E-state index in [-0.39, 0.29) is 17.9 Å². The zero-order valence-corrected chi connectivity index (χ0v) is 16.4. The summed E-state index contributed by atoms with van der Waals surface area (Å²) in [4.78, 5) is 29.0. The molecule has 6 heteroatoms. The number of anilines is 1. The van der Waals surface area contributed by atoms with Crippen LogP contribution in [0.2, 0.25) is 0 Å². The van der Waals surface area contributed by atoms with E-state index >= 15 is 0 Å². The first-order chi connectivity index (χ1) is 13.6. The molecule has 1 heterocycles. The summed E-state index contributed by atoms with van der Waals surface area (Å²) in [5.74, 6) is 0.133. The lowest BCUT2D eigenvalue weighted by molar-refractivity contribution is -0.124. The third-order valence-corrected chi connectivity index (χ3v) is 5.66. The zero-order chi connectivity index (χ0) is 19.5. The summed E-state index contributed by atoms with van der Waals surface area (Å²) in [6.07, 6.45) is 2.23. The van der Waals surface area contributed by atoms with Gasteiger partial charge in [-0.1, -0.05) is 30.3 Å². The lowest BCUT2D eigenvalue weighted by Crippen LogP contribution is -2.54. The first kappa shape index (κ1) is 18.9. The second kappa shape index (κ2) is 8.29. The molecule has 2 aliphatic rings. The van der Waals surface area contributed by atoms with Gasteiger partial charge < -0.3 is 10.6 Å². The fraction of sp³-hybridized carbons (Fsp3) is 0.455. The number of benzene rings is 2. The second-order valence-corrected chi connectivity index (χ2v) is 7.88. The predicted octanol–water partition coefficient (Wildman–Crippen LogP) is 2.06. The van der Waals surface area contributed by atoms with Crippen molar-refractivity contribution in [2.45, 2.75) is 31.8 Å². The number of carbonyl (C=O) groups excluding carboxylic acids is 2. The Labute approximate surface area is 165 Å². The standard InChI is InChI=1S/C22H28N4O2/c1-16(22(28)24-20-7-6-17-4-2-3-5-18(17)14-20)26-12-10-25(11-13-26)15-21(27)23-19-8-9-19/h2-7,14,16,19H,8-13,15H2,1H3,(H,23,27)(H,24,28)/t16-/m1/s1. The molecule has 0 aromatic heterocycles. The topological polar surface area (TPSA) is 64.7 Å². The van der Waals surface area contributed by atoms with Crippen molar-refractivity contribution < 1.29 is 9.59 Å². The molecule has 2 fully saturated rings. The van der Waals surface area contributed by atoms with Crippen LogP contribution in [0.3, 0.4) is 0 Å². The van der Waals surface area contributed by atoms with Crippen molar-refractivity contribution in [1.82, 2.24) is 15.1 Å². The van der Waals surface area contributed by atoms with Crippen LogP contribution in [0.15, 0.2) is 42.5 Å². The molecule has 6 nitrogen and oxygen atoms in total. The summed E-state index contributed by atoms with van der Waals surface area (Å²) in [7, 11) is 0. The van der Waals surface area contributed by atoms with Crippen LogP contribution < -0.4 is 10.6 Å². The highest BCUT2D eigenvalue weighted by molar-refractivity contribution is 5.97. The van der Waals surface area contributed by atoms with Gasteiger partial charge in [-0.15, -0.1) is 0 Å². The zero-order valence-electron chi connectivity index (χ0n) is 16.4. The van der Waals surface area contributed by atoms with E-state index in [0.29, 0.717) is 12.6 Å². The number of nitrogens with zero attached hydrogens (tertiary/aromatic N) is 2. The van der Waals surface area contributed by atoms with Gasteiger partial charge in [-0.05, 0) is 42.7 Å².